The van der Waals surface area contributed by atoms with Crippen molar-refractivity contribution in [1.29, 1.82) is 0 Å². The zero-order valence-electron chi connectivity index (χ0n) is 8.77. The standard InChI is InChI=1S/C10H21NO2/c1-3-4-5-7-12-10(2)9-11-6-8-13-10/h11H,3-9H2,1-2H3. The molecule has 0 aromatic rings. The van der Waals surface area contributed by atoms with E-state index in [0.717, 1.165) is 32.7 Å². The number of ether oxygens (including phenoxy) is 2. The number of unbranched alkanes of at least 4 members (excludes halogenated alkanes) is 2. The first-order valence-corrected chi connectivity index (χ1v) is 5.25. The van der Waals surface area contributed by atoms with Gasteiger partial charge in [0.1, 0.15) is 0 Å². The number of hydrogen-bond donors (Lipinski definition) is 1. The summed E-state index contributed by atoms with van der Waals surface area (Å²) in [5, 5.41) is 3.27. The highest BCUT2D eigenvalue weighted by Gasteiger charge is 2.27. The fourth-order valence-electron chi connectivity index (χ4n) is 1.44. The highest BCUT2D eigenvalue weighted by molar-refractivity contribution is 4.71. The first-order chi connectivity index (χ1) is 6.27. The molecule has 13 heavy (non-hydrogen) atoms. The average Bonchev–Trinajstić information content (AvgIpc) is 2.14. The van der Waals surface area contributed by atoms with Crippen LogP contribution in [0.3, 0.4) is 0 Å². The van der Waals surface area contributed by atoms with Crippen molar-refractivity contribution in [3.8, 4) is 0 Å². The molecule has 3 heteroatoms. The van der Waals surface area contributed by atoms with Crippen molar-refractivity contribution in [2.75, 3.05) is 26.3 Å². The number of hydrogen-bond acceptors (Lipinski definition) is 3. The Morgan fingerprint density at radius 3 is 2.92 bits per heavy atom. The third kappa shape index (κ3) is 4.07. The van der Waals surface area contributed by atoms with Gasteiger partial charge in [0, 0.05) is 13.1 Å². The molecule has 0 aliphatic carbocycles. The van der Waals surface area contributed by atoms with Crippen LogP contribution in [-0.2, 0) is 9.47 Å². The normalized spacial score (nSPS) is 29.1. The van der Waals surface area contributed by atoms with Crippen LogP contribution < -0.4 is 5.32 Å². The molecule has 0 amide bonds. The first-order valence-electron chi connectivity index (χ1n) is 5.25. The van der Waals surface area contributed by atoms with Crippen molar-refractivity contribution in [1.82, 2.24) is 5.32 Å². The summed E-state index contributed by atoms with van der Waals surface area (Å²) >= 11 is 0. The SMILES string of the molecule is CCCCCOC1(C)CNCCO1. The molecule has 1 rings (SSSR count). The highest BCUT2D eigenvalue weighted by atomic mass is 16.7. The van der Waals surface area contributed by atoms with Crippen molar-refractivity contribution >= 4 is 0 Å². The van der Waals surface area contributed by atoms with Crippen LogP contribution in [-0.4, -0.2) is 32.1 Å². The van der Waals surface area contributed by atoms with Crippen LogP contribution in [0.1, 0.15) is 33.1 Å². The van der Waals surface area contributed by atoms with E-state index in [1.54, 1.807) is 0 Å². The number of rotatable bonds is 5. The molecule has 1 heterocycles. The smallest absolute Gasteiger partial charge is 0.177 e. The molecule has 78 valence electrons. The summed E-state index contributed by atoms with van der Waals surface area (Å²) in [6, 6.07) is 0. The maximum absolute atomic E-state index is 5.69. The minimum absolute atomic E-state index is 0.383. The summed E-state index contributed by atoms with van der Waals surface area (Å²) < 4.78 is 11.2. The van der Waals surface area contributed by atoms with Gasteiger partial charge in [-0.1, -0.05) is 19.8 Å². The zero-order valence-corrected chi connectivity index (χ0v) is 8.77. The molecular formula is C10H21NO2. The molecule has 0 saturated carbocycles. The van der Waals surface area contributed by atoms with Gasteiger partial charge in [0.05, 0.1) is 13.2 Å². The third-order valence-corrected chi connectivity index (χ3v) is 2.29. The second kappa shape index (κ2) is 5.58. The largest absolute Gasteiger partial charge is 0.349 e. The van der Waals surface area contributed by atoms with Gasteiger partial charge in [-0.25, -0.2) is 0 Å². The molecule has 1 fully saturated rings. The van der Waals surface area contributed by atoms with Crippen molar-refractivity contribution < 1.29 is 9.47 Å². The molecule has 0 spiro atoms. The van der Waals surface area contributed by atoms with Crippen LogP contribution in [0.4, 0.5) is 0 Å². The highest BCUT2D eigenvalue weighted by Crippen LogP contribution is 2.14. The van der Waals surface area contributed by atoms with Crippen molar-refractivity contribution in [3.05, 3.63) is 0 Å². The van der Waals surface area contributed by atoms with Gasteiger partial charge in [-0.05, 0) is 13.3 Å². The Balaban J connectivity index is 2.10. The second-order valence-corrected chi connectivity index (χ2v) is 3.71. The molecule has 0 aromatic carbocycles. The Morgan fingerprint density at radius 2 is 2.31 bits per heavy atom. The second-order valence-electron chi connectivity index (χ2n) is 3.71. The Bertz CT molecular complexity index is 133. The molecule has 1 unspecified atom stereocenters. The quantitative estimate of drug-likeness (QED) is 0.662. The molecule has 1 aliphatic heterocycles. The third-order valence-electron chi connectivity index (χ3n) is 2.29. The van der Waals surface area contributed by atoms with Crippen molar-refractivity contribution in [3.63, 3.8) is 0 Å². The molecular weight excluding hydrogens is 166 g/mol. The Labute approximate surface area is 80.8 Å². The summed E-state index contributed by atoms with van der Waals surface area (Å²) in [6.45, 7) is 7.51. The van der Waals surface area contributed by atoms with E-state index in [2.05, 4.69) is 12.2 Å². The molecule has 1 N–H and O–H groups in total. The summed E-state index contributed by atoms with van der Waals surface area (Å²) in [6.07, 6.45) is 3.61. The maximum atomic E-state index is 5.69. The van der Waals surface area contributed by atoms with E-state index in [1.807, 2.05) is 6.92 Å². The van der Waals surface area contributed by atoms with Gasteiger partial charge in [0.2, 0.25) is 0 Å². The number of nitrogens with one attached hydrogen (secondary N) is 1. The average molecular weight is 187 g/mol. The fourth-order valence-corrected chi connectivity index (χ4v) is 1.44. The van der Waals surface area contributed by atoms with Gasteiger partial charge in [-0.2, -0.15) is 0 Å². The predicted molar refractivity (Wildman–Crippen MR) is 52.7 cm³/mol. The number of morpholine rings is 1. The summed E-state index contributed by atoms with van der Waals surface area (Å²) in [7, 11) is 0. The van der Waals surface area contributed by atoms with Crippen LogP contribution in [0.5, 0.6) is 0 Å². The van der Waals surface area contributed by atoms with E-state index in [4.69, 9.17) is 9.47 Å². The van der Waals surface area contributed by atoms with E-state index in [-0.39, 0.29) is 5.79 Å². The Morgan fingerprint density at radius 1 is 1.46 bits per heavy atom. The lowest BCUT2D eigenvalue weighted by atomic mass is 10.2. The van der Waals surface area contributed by atoms with E-state index >= 15 is 0 Å². The van der Waals surface area contributed by atoms with E-state index in [1.165, 1.54) is 12.8 Å². The minimum Gasteiger partial charge on any atom is -0.349 e. The molecule has 0 radical (unpaired) electrons. The van der Waals surface area contributed by atoms with Crippen LogP contribution in [0.25, 0.3) is 0 Å². The molecule has 0 aromatic heterocycles. The van der Waals surface area contributed by atoms with Crippen molar-refractivity contribution in [2.45, 2.75) is 38.9 Å². The topological polar surface area (TPSA) is 30.5 Å². The monoisotopic (exact) mass is 187 g/mol. The van der Waals surface area contributed by atoms with Gasteiger partial charge in [-0.15, -0.1) is 0 Å². The predicted octanol–water partition coefficient (Wildman–Crippen LogP) is 1.53. The molecule has 0 bridgehead atoms. The summed E-state index contributed by atoms with van der Waals surface area (Å²) in [4.78, 5) is 0. The summed E-state index contributed by atoms with van der Waals surface area (Å²) in [5.74, 6) is -0.383. The van der Waals surface area contributed by atoms with Crippen LogP contribution in [0.15, 0.2) is 0 Å². The van der Waals surface area contributed by atoms with Gasteiger partial charge in [0.15, 0.2) is 5.79 Å². The van der Waals surface area contributed by atoms with Crippen LogP contribution in [0.2, 0.25) is 0 Å². The van der Waals surface area contributed by atoms with Crippen LogP contribution >= 0.6 is 0 Å². The lowest BCUT2D eigenvalue weighted by Crippen LogP contribution is -2.49. The molecule has 3 nitrogen and oxygen atoms in total. The van der Waals surface area contributed by atoms with Gasteiger partial charge in [0.25, 0.3) is 0 Å². The first kappa shape index (κ1) is 11.0. The van der Waals surface area contributed by atoms with Gasteiger partial charge >= 0.3 is 0 Å². The molecule has 1 atom stereocenters. The van der Waals surface area contributed by atoms with E-state index < -0.39 is 0 Å². The Hall–Kier alpha value is -0.120. The fraction of sp³-hybridized carbons (Fsp3) is 1.00. The van der Waals surface area contributed by atoms with Crippen molar-refractivity contribution in [2.24, 2.45) is 0 Å². The minimum atomic E-state index is -0.383. The summed E-state index contributed by atoms with van der Waals surface area (Å²) in [5.41, 5.74) is 0. The lowest BCUT2D eigenvalue weighted by molar-refractivity contribution is -0.234. The maximum Gasteiger partial charge on any atom is 0.177 e. The lowest BCUT2D eigenvalue weighted by Gasteiger charge is -2.34. The zero-order chi connectivity index (χ0) is 9.57. The molecule has 1 aliphatic rings. The van der Waals surface area contributed by atoms with E-state index in [0.29, 0.717) is 0 Å². The van der Waals surface area contributed by atoms with Crippen LogP contribution in [0, 0.1) is 0 Å². The molecule has 1 saturated heterocycles. The van der Waals surface area contributed by atoms with Gasteiger partial charge < -0.3 is 14.8 Å². The van der Waals surface area contributed by atoms with E-state index in [9.17, 15) is 0 Å². The van der Waals surface area contributed by atoms with Gasteiger partial charge in [-0.3, -0.25) is 0 Å². The Kier molecular flexibility index (Phi) is 4.70.